The Bertz CT molecular complexity index is 566. The lowest BCUT2D eigenvalue weighted by Gasteiger charge is -2.33. The van der Waals surface area contributed by atoms with Gasteiger partial charge in [-0.25, -0.2) is 4.39 Å². The van der Waals surface area contributed by atoms with Crippen LogP contribution in [0.5, 0.6) is 0 Å². The van der Waals surface area contributed by atoms with Crippen molar-refractivity contribution in [3.8, 4) is 0 Å². The molecule has 1 heterocycles. The molecule has 0 radical (unpaired) electrons. The normalized spacial score (nSPS) is 17.4. The molecule has 3 N–H and O–H groups in total. The zero-order chi connectivity index (χ0) is 17.7. The highest BCUT2D eigenvalue weighted by molar-refractivity contribution is 5.82. The van der Waals surface area contributed by atoms with Gasteiger partial charge in [0.05, 0.1) is 6.04 Å². The van der Waals surface area contributed by atoms with Gasteiger partial charge in [-0.3, -0.25) is 9.59 Å². The summed E-state index contributed by atoms with van der Waals surface area (Å²) in [6.45, 7) is 5.72. The van der Waals surface area contributed by atoms with Crippen molar-refractivity contribution in [2.45, 2.75) is 38.1 Å². The van der Waals surface area contributed by atoms with Gasteiger partial charge in [0.15, 0.2) is 0 Å². The predicted octanol–water partition coefficient (Wildman–Crippen LogP) is 1.42. The van der Waals surface area contributed by atoms with Crippen LogP contribution in [0.15, 0.2) is 24.3 Å². The Kier molecular flexibility index (Phi) is 5.94. The third-order valence-electron chi connectivity index (χ3n) is 4.86. The Balaban J connectivity index is 1.87. The fourth-order valence-electron chi connectivity index (χ4n) is 3.03. The third kappa shape index (κ3) is 4.54. The quantitative estimate of drug-likeness (QED) is 0.772. The number of hydrogen-bond acceptors (Lipinski definition) is 3. The van der Waals surface area contributed by atoms with Crippen molar-refractivity contribution in [1.82, 2.24) is 10.2 Å². The van der Waals surface area contributed by atoms with E-state index < -0.39 is 6.04 Å². The van der Waals surface area contributed by atoms with Crippen molar-refractivity contribution in [3.63, 3.8) is 0 Å². The summed E-state index contributed by atoms with van der Waals surface area (Å²) in [6.07, 6.45) is 2.33. The van der Waals surface area contributed by atoms with Crippen molar-refractivity contribution < 1.29 is 14.0 Å². The van der Waals surface area contributed by atoms with E-state index in [0.29, 0.717) is 19.6 Å². The summed E-state index contributed by atoms with van der Waals surface area (Å²) < 4.78 is 13.0. The molecule has 6 heteroatoms. The number of nitrogens with zero attached hydrogens (tertiary/aromatic N) is 1. The maximum absolute atomic E-state index is 13.0. The lowest BCUT2D eigenvalue weighted by Crippen LogP contribution is -2.51. The number of piperidine rings is 1. The summed E-state index contributed by atoms with van der Waals surface area (Å²) in [4.78, 5) is 24.8. The highest BCUT2D eigenvalue weighted by Crippen LogP contribution is 2.23. The molecule has 1 atom stereocenters. The molecule has 1 aliphatic rings. The van der Waals surface area contributed by atoms with E-state index in [2.05, 4.69) is 5.32 Å². The predicted molar refractivity (Wildman–Crippen MR) is 90.8 cm³/mol. The number of nitrogens with one attached hydrogen (secondary N) is 1. The molecule has 1 saturated heterocycles. The standard InChI is InChI=1S/C18H26FN3O2/c1-18(2,14-3-5-15(19)6-4-14)11-21-17(24)16(20)13-7-9-22(12-23)10-8-13/h3-6,12-13,16H,7-11,20H2,1-2H3,(H,21,24). The van der Waals surface area contributed by atoms with E-state index in [9.17, 15) is 14.0 Å². The summed E-state index contributed by atoms with van der Waals surface area (Å²) in [5.74, 6) is -0.354. The first-order valence-electron chi connectivity index (χ1n) is 8.32. The van der Waals surface area contributed by atoms with E-state index in [1.165, 1.54) is 12.1 Å². The lowest BCUT2D eigenvalue weighted by atomic mass is 9.84. The average molecular weight is 335 g/mol. The van der Waals surface area contributed by atoms with Crippen molar-refractivity contribution in [2.24, 2.45) is 11.7 Å². The Morgan fingerprint density at radius 3 is 2.50 bits per heavy atom. The fraction of sp³-hybridized carbons (Fsp3) is 0.556. The second-order valence-corrected chi connectivity index (χ2v) is 7.11. The second kappa shape index (κ2) is 7.75. The van der Waals surface area contributed by atoms with Crippen molar-refractivity contribution in [3.05, 3.63) is 35.6 Å². The fourth-order valence-corrected chi connectivity index (χ4v) is 3.03. The molecule has 5 nitrogen and oxygen atoms in total. The maximum Gasteiger partial charge on any atom is 0.237 e. The molecule has 1 unspecified atom stereocenters. The average Bonchev–Trinajstić information content (AvgIpc) is 2.59. The van der Waals surface area contributed by atoms with Gasteiger partial charge in [0.2, 0.25) is 12.3 Å². The van der Waals surface area contributed by atoms with Gasteiger partial charge >= 0.3 is 0 Å². The van der Waals surface area contributed by atoms with Crippen LogP contribution in [-0.4, -0.2) is 42.9 Å². The Hall–Kier alpha value is -1.95. The zero-order valence-corrected chi connectivity index (χ0v) is 14.3. The topological polar surface area (TPSA) is 75.4 Å². The summed E-state index contributed by atoms with van der Waals surface area (Å²) in [5, 5.41) is 2.92. The molecular formula is C18H26FN3O2. The minimum Gasteiger partial charge on any atom is -0.354 e. The number of nitrogens with two attached hydrogens (primary N) is 1. The number of hydrogen-bond donors (Lipinski definition) is 2. The van der Waals surface area contributed by atoms with E-state index >= 15 is 0 Å². The monoisotopic (exact) mass is 335 g/mol. The summed E-state index contributed by atoms with van der Waals surface area (Å²) in [5.41, 5.74) is 6.74. The second-order valence-electron chi connectivity index (χ2n) is 7.11. The molecular weight excluding hydrogens is 309 g/mol. The molecule has 0 saturated carbocycles. The molecule has 0 aromatic heterocycles. The third-order valence-corrected chi connectivity index (χ3v) is 4.86. The van der Waals surface area contributed by atoms with Crippen LogP contribution in [0.1, 0.15) is 32.3 Å². The van der Waals surface area contributed by atoms with Gasteiger partial charge in [-0.2, -0.15) is 0 Å². The Morgan fingerprint density at radius 1 is 1.38 bits per heavy atom. The number of carbonyl (C=O) groups excluding carboxylic acids is 2. The van der Waals surface area contributed by atoms with E-state index in [1.807, 2.05) is 13.8 Å². The lowest BCUT2D eigenvalue weighted by molar-refractivity contribution is -0.124. The van der Waals surface area contributed by atoms with Crippen LogP contribution >= 0.6 is 0 Å². The summed E-state index contributed by atoms with van der Waals surface area (Å²) in [6, 6.07) is 5.74. The number of likely N-dealkylation sites (tertiary alicyclic amines) is 1. The number of rotatable bonds is 6. The molecule has 1 aliphatic heterocycles. The van der Waals surface area contributed by atoms with Gasteiger partial charge in [0, 0.05) is 25.0 Å². The highest BCUT2D eigenvalue weighted by Gasteiger charge is 2.29. The van der Waals surface area contributed by atoms with Gasteiger partial charge in [-0.05, 0) is 36.5 Å². The molecule has 0 spiro atoms. The van der Waals surface area contributed by atoms with Crippen LogP contribution in [0.25, 0.3) is 0 Å². The van der Waals surface area contributed by atoms with Crippen LogP contribution in [0, 0.1) is 11.7 Å². The van der Waals surface area contributed by atoms with E-state index in [-0.39, 0.29) is 23.1 Å². The smallest absolute Gasteiger partial charge is 0.237 e. The van der Waals surface area contributed by atoms with Crippen LogP contribution in [0.2, 0.25) is 0 Å². The first-order valence-corrected chi connectivity index (χ1v) is 8.32. The van der Waals surface area contributed by atoms with E-state index in [4.69, 9.17) is 5.73 Å². The number of benzene rings is 1. The molecule has 24 heavy (non-hydrogen) atoms. The van der Waals surface area contributed by atoms with Gasteiger partial charge in [0.1, 0.15) is 5.82 Å². The first-order chi connectivity index (χ1) is 11.3. The van der Waals surface area contributed by atoms with E-state index in [0.717, 1.165) is 24.8 Å². The Morgan fingerprint density at radius 2 is 1.96 bits per heavy atom. The van der Waals surface area contributed by atoms with E-state index in [1.54, 1.807) is 17.0 Å². The molecule has 1 aromatic carbocycles. The number of carbonyl (C=O) groups is 2. The molecule has 2 rings (SSSR count). The van der Waals surface area contributed by atoms with Crippen molar-refractivity contribution in [2.75, 3.05) is 19.6 Å². The number of amides is 2. The van der Waals surface area contributed by atoms with Crippen LogP contribution in [-0.2, 0) is 15.0 Å². The Labute approximate surface area is 142 Å². The zero-order valence-electron chi connectivity index (χ0n) is 14.3. The van der Waals surface area contributed by atoms with Crippen LogP contribution in [0.3, 0.4) is 0 Å². The number of halogens is 1. The van der Waals surface area contributed by atoms with Crippen LogP contribution in [0.4, 0.5) is 4.39 Å². The molecule has 0 bridgehead atoms. The van der Waals surface area contributed by atoms with Crippen molar-refractivity contribution in [1.29, 1.82) is 0 Å². The van der Waals surface area contributed by atoms with Gasteiger partial charge < -0.3 is 16.0 Å². The molecule has 2 amide bonds. The summed E-state index contributed by atoms with van der Waals surface area (Å²) in [7, 11) is 0. The van der Waals surface area contributed by atoms with Gasteiger partial charge in [0.25, 0.3) is 0 Å². The van der Waals surface area contributed by atoms with Gasteiger partial charge in [-0.15, -0.1) is 0 Å². The van der Waals surface area contributed by atoms with Crippen molar-refractivity contribution >= 4 is 12.3 Å². The van der Waals surface area contributed by atoms with Crippen LogP contribution < -0.4 is 11.1 Å². The maximum atomic E-state index is 13.0. The van der Waals surface area contributed by atoms with Gasteiger partial charge in [-0.1, -0.05) is 26.0 Å². The summed E-state index contributed by atoms with van der Waals surface area (Å²) >= 11 is 0. The largest absolute Gasteiger partial charge is 0.354 e. The molecule has 132 valence electrons. The molecule has 1 fully saturated rings. The first kappa shape index (κ1) is 18.4. The molecule has 0 aliphatic carbocycles. The molecule has 1 aromatic rings. The minimum absolute atomic E-state index is 0.0927. The minimum atomic E-state index is -0.567. The highest BCUT2D eigenvalue weighted by atomic mass is 19.1. The SMILES string of the molecule is CC(C)(CNC(=O)C(N)C1CCN(C=O)CC1)c1ccc(F)cc1.